The molecule has 0 fully saturated rings. The molecule has 102 valence electrons. The van der Waals surface area contributed by atoms with Gasteiger partial charge in [0, 0.05) is 10.1 Å². The molecule has 0 amide bonds. The van der Waals surface area contributed by atoms with Crippen molar-refractivity contribution in [2.24, 2.45) is 5.84 Å². The second-order valence-electron chi connectivity index (χ2n) is 4.22. The monoisotopic (exact) mass is 434 g/mol. The van der Waals surface area contributed by atoms with Crippen LogP contribution in [0.1, 0.15) is 30.6 Å². The molecule has 1 atom stereocenters. The van der Waals surface area contributed by atoms with Crippen LogP contribution in [0.2, 0.25) is 0 Å². The van der Waals surface area contributed by atoms with Gasteiger partial charge in [-0.25, -0.2) is 5.43 Å². The molecule has 2 rings (SSSR count). The molecule has 2 aromatic rings. The Morgan fingerprint density at radius 1 is 1.47 bits per heavy atom. The third-order valence-electron chi connectivity index (χ3n) is 2.92. The van der Waals surface area contributed by atoms with Crippen molar-refractivity contribution in [1.82, 2.24) is 15.2 Å². The second-order valence-corrected chi connectivity index (χ2v) is 6.24. The van der Waals surface area contributed by atoms with Gasteiger partial charge in [-0.05, 0) is 56.6 Å². The van der Waals surface area contributed by atoms with E-state index in [4.69, 9.17) is 5.84 Å². The molecule has 0 aliphatic rings. The topological polar surface area (TPSA) is 55.9 Å². The predicted molar refractivity (Wildman–Crippen MR) is 88.5 cm³/mol. The summed E-state index contributed by atoms with van der Waals surface area (Å²) in [6.07, 6.45) is 2.86. The number of nitrogens with one attached hydrogen (secondary N) is 1. The van der Waals surface area contributed by atoms with Crippen molar-refractivity contribution in [3.63, 3.8) is 0 Å². The standard InChI is InChI=1S/C13H16BrIN4/c1-2-7-19-13(10(14)8-17-19)12(18-16)9-5-3-4-6-11(9)15/h3-6,8,12,18H,2,7,16H2,1H3. The molecule has 0 radical (unpaired) electrons. The van der Waals surface area contributed by atoms with Crippen LogP contribution in [0.25, 0.3) is 0 Å². The van der Waals surface area contributed by atoms with Crippen molar-refractivity contribution in [2.75, 3.05) is 0 Å². The van der Waals surface area contributed by atoms with Crippen molar-refractivity contribution in [3.8, 4) is 0 Å². The molecule has 0 spiro atoms. The molecule has 0 saturated heterocycles. The first-order valence-corrected chi connectivity index (χ1v) is 7.98. The van der Waals surface area contributed by atoms with Crippen LogP contribution in [0, 0.1) is 3.57 Å². The summed E-state index contributed by atoms with van der Waals surface area (Å²) in [7, 11) is 0. The van der Waals surface area contributed by atoms with E-state index in [2.05, 4.69) is 68.1 Å². The molecule has 6 heteroatoms. The summed E-state index contributed by atoms with van der Waals surface area (Å²) in [4.78, 5) is 0. The van der Waals surface area contributed by atoms with Gasteiger partial charge in [-0.1, -0.05) is 25.1 Å². The number of benzene rings is 1. The number of hydrogen-bond acceptors (Lipinski definition) is 3. The van der Waals surface area contributed by atoms with Crippen LogP contribution in [-0.4, -0.2) is 9.78 Å². The number of rotatable bonds is 5. The van der Waals surface area contributed by atoms with Gasteiger partial charge in [-0.3, -0.25) is 10.5 Å². The zero-order valence-corrected chi connectivity index (χ0v) is 14.3. The van der Waals surface area contributed by atoms with Gasteiger partial charge in [-0.2, -0.15) is 5.10 Å². The summed E-state index contributed by atoms with van der Waals surface area (Å²) >= 11 is 5.90. The van der Waals surface area contributed by atoms with Crippen molar-refractivity contribution < 1.29 is 0 Å². The fourth-order valence-corrected chi connectivity index (χ4v) is 3.30. The number of nitrogens with zero attached hydrogens (tertiary/aromatic N) is 2. The molecule has 1 aromatic carbocycles. The average Bonchev–Trinajstić information content (AvgIpc) is 2.75. The summed E-state index contributed by atoms with van der Waals surface area (Å²) in [6, 6.07) is 8.14. The highest BCUT2D eigenvalue weighted by atomic mass is 127. The Morgan fingerprint density at radius 2 is 2.21 bits per heavy atom. The Bertz CT molecular complexity index is 555. The molecule has 1 aromatic heterocycles. The Kier molecular flexibility index (Phi) is 5.37. The van der Waals surface area contributed by atoms with E-state index in [-0.39, 0.29) is 6.04 Å². The highest BCUT2D eigenvalue weighted by Gasteiger charge is 2.22. The van der Waals surface area contributed by atoms with Crippen LogP contribution in [0.3, 0.4) is 0 Å². The van der Waals surface area contributed by atoms with Gasteiger partial charge in [0.15, 0.2) is 0 Å². The van der Waals surface area contributed by atoms with E-state index in [0.29, 0.717) is 0 Å². The first kappa shape index (κ1) is 15.0. The largest absolute Gasteiger partial charge is 0.271 e. The molecule has 1 heterocycles. The molecule has 4 nitrogen and oxygen atoms in total. The molecular formula is C13H16BrIN4. The Hall–Kier alpha value is -0.440. The number of aromatic nitrogens is 2. The third-order valence-corrected chi connectivity index (χ3v) is 4.52. The molecular weight excluding hydrogens is 419 g/mol. The molecule has 1 unspecified atom stereocenters. The number of aryl methyl sites for hydroxylation is 1. The second kappa shape index (κ2) is 6.83. The number of hydrazine groups is 1. The van der Waals surface area contributed by atoms with E-state index in [1.165, 1.54) is 3.57 Å². The summed E-state index contributed by atoms with van der Waals surface area (Å²) < 4.78 is 4.15. The summed E-state index contributed by atoms with van der Waals surface area (Å²) in [5.74, 6) is 5.78. The van der Waals surface area contributed by atoms with Crippen LogP contribution >= 0.6 is 38.5 Å². The highest BCUT2D eigenvalue weighted by molar-refractivity contribution is 14.1. The zero-order valence-electron chi connectivity index (χ0n) is 10.6. The number of halogens is 2. The van der Waals surface area contributed by atoms with Gasteiger partial charge in [0.05, 0.1) is 22.4 Å². The van der Waals surface area contributed by atoms with E-state index in [9.17, 15) is 0 Å². The fraction of sp³-hybridized carbons (Fsp3) is 0.308. The zero-order chi connectivity index (χ0) is 13.8. The lowest BCUT2D eigenvalue weighted by Gasteiger charge is -2.20. The van der Waals surface area contributed by atoms with Crippen molar-refractivity contribution in [2.45, 2.75) is 25.9 Å². The number of hydrogen-bond donors (Lipinski definition) is 2. The Labute approximate surface area is 135 Å². The minimum absolute atomic E-state index is 0.0727. The molecule has 0 aliphatic heterocycles. The van der Waals surface area contributed by atoms with Crippen molar-refractivity contribution in [3.05, 3.63) is 49.8 Å². The van der Waals surface area contributed by atoms with Crippen LogP contribution in [0.15, 0.2) is 34.9 Å². The SMILES string of the molecule is CCCn1ncc(Br)c1C(NN)c1ccccc1I. The maximum absolute atomic E-state index is 5.78. The lowest BCUT2D eigenvalue weighted by molar-refractivity contribution is 0.518. The van der Waals surface area contributed by atoms with E-state index < -0.39 is 0 Å². The summed E-state index contributed by atoms with van der Waals surface area (Å²) in [6.45, 7) is 3.01. The minimum atomic E-state index is -0.0727. The van der Waals surface area contributed by atoms with E-state index in [0.717, 1.165) is 28.7 Å². The van der Waals surface area contributed by atoms with Gasteiger partial charge >= 0.3 is 0 Å². The number of nitrogens with two attached hydrogens (primary N) is 1. The highest BCUT2D eigenvalue weighted by Crippen LogP contribution is 2.30. The van der Waals surface area contributed by atoms with Gasteiger partial charge in [-0.15, -0.1) is 0 Å². The molecule has 0 aliphatic carbocycles. The third kappa shape index (κ3) is 3.18. The quantitative estimate of drug-likeness (QED) is 0.431. The van der Waals surface area contributed by atoms with Crippen LogP contribution in [0.5, 0.6) is 0 Å². The summed E-state index contributed by atoms with van der Waals surface area (Å²) in [5, 5.41) is 4.40. The van der Waals surface area contributed by atoms with Gasteiger partial charge < -0.3 is 0 Å². The van der Waals surface area contributed by atoms with E-state index in [1.54, 1.807) is 0 Å². The molecule has 0 saturated carbocycles. The lowest BCUT2D eigenvalue weighted by atomic mass is 10.0. The van der Waals surface area contributed by atoms with Crippen molar-refractivity contribution >= 4 is 38.5 Å². The summed E-state index contributed by atoms with van der Waals surface area (Å²) in [5.41, 5.74) is 5.13. The Balaban J connectivity index is 2.48. The van der Waals surface area contributed by atoms with Crippen LogP contribution in [0.4, 0.5) is 0 Å². The molecule has 19 heavy (non-hydrogen) atoms. The fourth-order valence-electron chi connectivity index (χ4n) is 2.07. The smallest absolute Gasteiger partial charge is 0.0900 e. The maximum atomic E-state index is 5.78. The molecule has 0 bridgehead atoms. The van der Waals surface area contributed by atoms with Crippen LogP contribution < -0.4 is 11.3 Å². The van der Waals surface area contributed by atoms with Crippen LogP contribution in [-0.2, 0) is 6.54 Å². The van der Waals surface area contributed by atoms with Gasteiger partial charge in [0.25, 0.3) is 0 Å². The normalized spacial score (nSPS) is 12.6. The van der Waals surface area contributed by atoms with E-state index in [1.807, 2.05) is 23.0 Å². The van der Waals surface area contributed by atoms with Crippen molar-refractivity contribution in [1.29, 1.82) is 0 Å². The van der Waals surface area contributed by atoms with E-state index >= 15 is 0 Å². The first-order chi connectivity index (χ1) is 9.19. The Morgan fingerprint density at radius 3 is 2.84 bits per heavy atom. The van der Waals surface area contributed by atoms with Gasteiger partial charge in [0.2, 0.25) is 0 Å². The van der Waals surface area contributed by atoms with Gasteiger partial charge in [0.1, 0.15) is 0 Å². The predicted octanol–water partition coefficient (Wildman–Crippen LogP) is 3.21. The molecule has 3 N–H and O–H groups in total. The lowest BCUT2D eigenvalue weighted by Crippen LogP contribution is -2.31. The minimum Gasteiger partial charge on any atom is -0.271 e. The first-order valence-electron chi connectivity index (χ1n) is 6.10. The maximum Gasteiger partial charge on any atom is 0.0900 e. The average molecular weight is 435 g/mol.